The lowest BCUT2D eigenvalue weighted by Crippen LogP contribution is -2.23. The van der Waals surface area contributed by atoms with Gasteiger partial charge in [0.2, 0.25) is 0 Å². The molecule has 0 N–H and O–H groups in total. The summed E-state index contributed by atoms with van der Waals surface area (Å²) < 4.78 is 6.91. The number of thioether (sulfide) groups is 2. The molecule has 3 rings (SSSR count). The Morgan fingerprint density at radius 3 is 2.77 bits per heavy atom. The monoisotopic (exact) mass is 334 g/mol. The van der Waals surface area contributed by atoms with Crippen LogP contribution in [0.2, 0.25) is 0 Å². The Balaban J connectivity index is 2.16. The first-order chi connectivity index (χ1) is 10.6. The van der Waals surface area contributed by atoms with Gasteiger partial charge in [0.25, 0.3) is 5.56 Å². The summed E-state index contributed by atoms with van der Waals surface area (Å²) in [6.45, 7) is 4.20. The Hall–Kier alpha value is -1.40. The van der Waals surface area contributed by atoms with E-state index in [1.807, 2.05) is 24.3 Å². The highest BCUT2D eigenvalue weighted by molar-refractivity contribution is 8.00. The number of hydrogen-bond acceptors (Lipinski definition) is 5. The predicted molar refractivity (Wildman–Crippen MR) is 91.8 cm³/mol. The molecular formula is C16H18N2O2S2. The molecule has 1 aliphatic rings. The minimum Gasteiger partial charge on any atom is -0.497 e. The average Bonchev–Trinajstić information content (AvgIpc) is 2.89. The molecule has 1 atom stereocenters. The molecule has 0 bridgehead atoms. The summed E-state index contributed by atoms with van der Waals surface area (Å²) >= 11 is 3.23. The highest BCUT2D eigenvalue weighted by Gasteiger charge is 2.26. The van der Waals surface area contributed by atoms with Gasteiger partial charge in [0.15, 0.2) is 5.16 Å². The highest BCUT2D eigenvalue weighted by atomic mass is 32.2. The van der Waals surface area contributed by atoms with Crippen molar-refractivity contribution in [3.63, 3.8) is 0 Å². The van der Waals surface area contributed by atoms with Crippen molar-refractivity contribution in [1.29, 1.82) is 0 Å². The Kier molecular flexibility index (Phi) is 4.49. The zero-order valence-corrected chi connectivity index (χ0v) is 14.5. The van der Waals surface area contributed by atoms with Gasteiger partial charge >= 0.3 is 0 Å². The maximum absolute atomic E-state index is 12.9. The molecule has 0 amide bonds. The standard InChI is InChI=1S/C16H18N2O2S2/c1-4-21-16-17-13-9-10(2)22-14(13)15(19)18(16)11-5-7-12(20-3)8-6-11/h5-8,10H,4,9H2,1-3H3/t10-/m1/s1. The van der Waals surface area contributed by atoms with Crippen molar-refractivity contribution in [3.05, 3.63) is 40.3 Å². The van der Waals surface area contributed by atoms with Crippen molar-refractivity contribution in [2.45, 2.75) is 35.6 Å². The zero-order chi connectivity index (χ0) is 15.7. The number of fused-ring (bicyclic) bond motifs is 1. The quantitative estimate of drug-likeness (QED) is 0.633. The molecule has 4 nitrogen and oxygen atoms in total. The molecule has 22 heavy (non-hydrogen) atoms. The van der Waals surface area contributed by atoms with E-state index in [1.165, 1.54) is 0 Å². The largest absolute Gasteiger partial charge is 0.497 e. The molecule has 0 radical (unpaired) electrons. The van der Waals surface area contributed by atoms with Gasteiger partial charge in [-0.15, -0.1) is 11.8 Å². The number of ether oxygens (including phenoxy) is 1. The lowest BCUT2D eigenvalue weighted by Gasteiger charge is -2.13. The van der Waals surface area contributed by atoms with Gasteiger partial charge < -0.3 is 4.74 Å². The summed E-state index contributed by atoms with van der Waals surface area (Å²) in [5.41, 5.74) is 1.82. The fraction of sp³-hybridized carbons (Fsp3) is 0.375. The Labute approximate surface area is 138 Å². The third kappa shape index (κ3) is 2.77. The second-order valence-electron chi connectivity index (χ2n) is 5.07. The van der Waals surface area contributed by atoms with Gasteiger partial charge in [0.1, 0.15) is 5.75 Å². The predicted octanol–water partition coefficient (Wildman–Crippen LogP) is 3.39. The normalized spacial score (nSPS) is 16.6. The summed E-state index contributed by atoms with van der Waals surface area (Å²) in [6.07, 6.45) is 0.871. The average molecular weight is 334 g/mol. The van der Waals surface area contributed by atoms with E-state index in [0.29, 0.717) is 5.25 Å². The molecular weight excluding hydrogens is 316 g/mol. The van der Waals surface area contributed by atoms with E-state index in [0.717, 1.165) is 39.4 Å². The molecule has 0 saturated carbocycles. The van der Waals surface area contributed by atoms with E-state index in [4.69, 9.17) is 9.72 Å². The Bertz CT molecular complexity index is 741. The van der Waals surface area contributed by atoms with Gasteiger partial charge in [-0.1, -0.05) is 25.6 Å². The van der Waals surface area contributed by atoms with Gasteiger partial charge in [-0.25, -0.2) is 4.98 Å². The Morgan fingerprint density at radius 1 is 1.41 bits per heavy atom. The number of rotatable bonds is 4. The van der Waals surface area contributed by atoms with Crippen LogP contribution >= 0.6 is 23.5 Å². The molecule has 116 valence electrons. The molecule has 2 aromatic rings. The Morgan fingerprint density at radius 2 is 2.14 bits per heavy atom. The molecule has 1 aromatic carbocycles. The summed E-state index contributed by atoms with van der Waals surface area (Å²) in [5, 5.41) is 1.19. The van der Waals surface area contributed by atoms with Gasteiger partial charge in [-0.05, 0) is 30.0 Å². The first-order valence-corrected chi connectivity index (χ1v) is 9.10. The third-order valence-corrected chi connectivity index (χ3v) is 5.52. The minimum absolute atomic E-state index is 0.0421. The number of nitrogens with zero attached hydrogens (tertiary/aromatic N) is 2. The second kappa shape index (κ2) is 6.38. The molecule has 0 fully saturated rings. The molecule has 0 unspecified atom stereocenters. The number of methoxy groups -OCH3 is 1. The van der Waals surface area contributed by atoms with Gasteiger partial charge in [-0.3, -0.25) is 9.36 Å². The van der Waals surface area contributed by atoms with E-state index < -0.39 is 0 Å². The van der Waals surface area contributed by atoms with E-state index in [1.54, 1.807) is 35.2 Å². The van der Waals surface area contributed by atoms with Crippen LogP contribution in [0.15, 0.2) is 39.1 Å². The fourth-order valence-electron chi connectivity index (χ4n) is 2.48. The minimum atomic E-state index is 0.0421. The highest BCUT2D eigenvalue weighted by Crippen LogP contribution is 2.34. The maximum Gasteiger partial charge on any atom is 0.272 e. The third-order valence-electron chi connectivity index (χ3n) is 3.49. The number of benzene rings is 1. The van der Waals surface area contributed by atoms with Crippen molar-refractivity contribution >= 4 is 23.5 Å². The van der Waals surface area contributed by atoms with Crippen LogP contribution in [0.4, 0.5) is 0 Å². The van der Waals surface area contributed by atoms with Crippen LogP contribution in [0, 0.1) is 0 Å². The van der Waals surface area contributed by atoms with Crippen LogP contribution in [0.25, 0.3) is 5.69 Å². The van der Waals surface area contributed by atoms with Crippen molar-refractivity contribution < 1.29 is 4.74 Å². The first-order valence-electron chi connectivity index (χ1n) is 7.23. The van der Waals surface area contributed by atoms with Crippen molar-refractivity contribution in [2.24, 2.45) is 0 Å². The van der Waals surface area contributed by atoms with Gasteiger partial charge in [0.05, 0.1) is 23.4 Å². The molecule has 1 aromatic heterocycles. The summed E-state index contributed by atoms with van der Waals surface area (Å²) in [6, 6.07) is 7.53. The number of aromatic nitrogens is 2. The van der Waals surface area contributed by atoms with Crippen molar-refractivity contribution in [1.82, 2.24) is 9.55 Å². The second-order valence-corrected chi connectivity index (χ2v) is 7.75. The zero-order valence-electron chi connectivity index (χ0n) is 12.8. The van der Waals surface area contributed by atoms with Crippen LogP contribution in [0.1, 0.15) is 19.5 Å². The van der Waals surface area contributed by atoms with Crippen molar-refractivity contribution in [2.75, 3.05) is 12.9 Å². The summed E-state index contributed by atoms with van der Waals surface area (Å²) in [4.78, 5) is 18.5. The van der Waals surface area contributed by atoms with Crippen molar-refractivity contribution in [3.8, 4) is 11.4 Å². The topological polar surface area (TPSA) is 44.1 Å². The molecule has 2 heterocycles. The molecule has 0 saturated heterocycles. The van der Waals surface area contributed by atoms with Crippen LogP contribution in [-0.2, 0) is 6.42 Å². The molecule has 0 aliphatic carbocycles. The number of hydrogen-bond donors (Lipinski definition) is 0. The van der Waals surface area contributed by atoms with E-state index >= 15 is 0 Å². The molecule has 0 spiro atoms. The van der Waals surface area contributed by atoms with Crippen LogP contribution in [0.5, 0.6) is 5.75 Å². The van der Waals surface area contributed by atoms with E-state index in [2.05, 4.69) is 13.8 Å². The van der Waals surface area contributed by atoms with Gasteiger partial charge in [0, 0.05) is 11.7 Å². The smallest absolute Gasteiger partial charge is 0.272 e. The molecule has 6 heteroatoms. The van der Waals surface area contributed by atoms with E-state index in [9.17, 15) is 4.79 Å². The van der Waals surface area contributed by atoms with Crippen LogP contribution in [0.3, 0.4) is 0 Å². The lowest BCUT2D eigenvalue weighted by atomic mass is 10.2. The fourth-order valence-corrected chi connectivity index (χ4v) is 4.34. The van der Waals surface area contributed by atoms with Gasteiger partial charge in [-0.2, -0.15) is 0 Å². The van der Waals surface area contributed by atoms with Crippen LogP contribution in [-0.4, -0.2) is 27.7 Å². The summed E-state index contributed by atoms with van der Waals surface area (Å²) in [5.74, 6) is 1.66. The van der Waals surface area contributed by atoms with E-state index in [-0.39, 0.29) is 5.56 Å². The lowest BCUT2D eigenvalue weighted by molar-refractivity contribution is 0.414. The summed E-state index contributed by atoms with van der Waals surface area (Å²) in [7, 11) is 1.63. The van der Waals surface area contributed by atoms with Crippen LogP contribution < -0.4 is 10.3 Å². The SMILES string of the molecule is CCSc1nc2c(c(=O)n1-c1ccc(OC)cc1)S[C@H](C)C2. The first kappa shape index (κ1) is 15.5. The molecule has 1 aliphatic heterocycles. The maximum atomic E-state index is 12.9.